The van der Waals surface area contributed by atoms with E-state index < -0.39 is 17.2 Å². The van der Waals surface area contributed by atoms with Crippen LogP contribution in [0.4, 0.5) is 13.2 Å². The van der Waals surface area contributed by atoms with Crippen LogP contribution in [0.25, 0.3) is 0 Å². The highest BCUT2D eigenvalue weighted by Gasteiger charge is 2.43. The highest BCUT2D eigenvalue weighted by atomic mass is 32.2. The fourth-order valence-corrected chi connectivity index (χ4v) is 6.60. The summed E-state index contributed by atoms with van der Waals surface area (Å²) in [6.07, 6.45) is -0.998. The number of hydrogen-bond acceptors (Lipinski definition) is 7. The highest BCUT2D eigenvalue weighted by molar-refractivity contribution is 8.03. The van der Waals surface area contributed by atoms with E-state index >= 15 is 0 Å². The Morgan fingerprint density at radius 3 is 2.53 bits per heavy atom. The van der Waals surface area contributed by atoms with Gasteiger partial charge in [0.25, 0.3) is 0 Å². The lowest BCUT2D eigenvalue weighted by Gasteiger charge is -2.26. The fraction of sp³-hybridized carbons (Fsp3) is 0.364. The largest absolute Gasteiger partial charge is 0.432 e. The molecule has 1 unspecified atom stereocenters. The second kappa shape index (κ2) is 14.4. The van der Waals surface area contributed by atoms with Gasteiger partial charge >= 0.3 is 6.18 Å². The van der Waals surface area contributed by atoms with Crippen LogP contribution in [-0.2, 0) is 30.9 Å². The minimum atomic E-state index is -4.54. The molecule has 0 bridgehead atoms. The predicted molar refractivity (Wildman–Crippen MR) is 166 cm³/mol. The molecule has 0 aliphatic carbocycles. The number of aromatic nitrogens is 1. The van der Waals surface area contributed by atoms with Crippen molar-refractivity contribution in [3.8, 4) is 0 Å². The standard InChI is InChI=1S/C33H38F3N5OS/c1-3-40(21-25-11-13-37-14-12-25)23-28-9-4-5-10-29(28)32-39-31(33(34,35)36)30(43-32)24(2)38-20-26-7-6-8-27(19-26)22-41-15-17-42-18-16-41/h4-14,19,32,38-39H,2-3,15-18,20-23H2,1H3. The van der Waals surface area contributed by atoms with Crippen LogP contribution in [0.15, 0.2) is 95.9 Å². The van der Waals surface area contributed by atoms with Crippen LogP contribution in [0, 0.1) is 0 Å². The normalized spacial score (nSPS) is 17.7. The van der Waals surface area contributed by atoms with E-state index in [1.54, 1.807) is 12.4 Å². The molecular weight excluding hydrogens is 571 g/mol. The molecule has 5 rings (SSSR count). The lowest BCUT2D eigenvalue weighted by Crippen LogP contribution is -2.35. The van der Waals surface area contributed by atoms with E-state index in [1.165, 1.54) is 5.56 Å². The second-order valence-corrected chi connectivity index (χ2v) is 11.9. The molecule has 1 atom stereocenters. The zero-order valence-electron chi connectivity index (χ0n) is 24.4. The summed E-state index contributed by atoms with van der Waals surface area (Å²) in [5.41, 5.74) is 4.63. The zero-order chi connectivity index (χ0) is 30.2. The van der Waals surface area contributed by atoms with Gasteiger partial charge in [-0.15, -0.1) is 0 Å². The summed E-state index contributed by atoms with van der Waals surface area (Å²) in [6, 6.07) is 19.8. The number of thioether (sulfide) groups is 1. The number of rotatable bonds is 12. The first-order valence-electron chi connectivity index (χ1n) is 14.5. The summed E-state index contributed by atoms with van der Waals surface area (Å²) in [5.74, 6) is 0. The van der Waals surface area contributed by atoms with E-state index in [9.17, 15) is 13.2 Å². The Bertz CT molecular complexity index is 1410. The maximum absolute atomic E-state index is 14.3. The molecule has 6 nitrogen and oxygen atoms in total. The van der Waals surface area contributed by atoms with Gasteiger partial charge in [0, 0.05) is 57.4 Å². The van der Waals surface area contributed by atoms with Gasteiger partial charge < -0.3 is 15.4 Å². The van der Waals surface area contributed by atoms with Crippen LogP contribution in [0.1, 0.15) is 40.1 Å². The molecule has 1 aromatic heterocycles. The van der Waals surface area contributed by atoms with Crippen LogP contribution in [0.2, 0.25) is 0 Å². The molecule has 2 aromatic carbocycles. The third-order valence-electron chi connectivity index (χ3n) is 7.64. The Balaban J connectivity index is 1.26. The first-order valence-corrected chi connectivity index (χ1v) is 15.4. The van der Waals surface area contributed by atoms with E-state index in [0.717, 1.165) is 80.0 Å². The zero-order valence-corrected chi connectivity index (χ0v) is 25.2. The van der Waals surface area contributed by atoms with Gasteiger partial charge in [-0.2, -0.15) is 13.2 Å². The van der Waals surface area contributed by atoms with Gasteiger partial charge in [0.1, 0.15) is 11.1 Å². The lowest BCUT2D eigenvalue weighted by molar-refractivity contribution is -0.0968. The molecule has 2 N–H and O–H groups in total. The van der Waals surface area contributed by atoms with Crippen molar-refractivity contribution in [2.75, 3.05) is 32.8 Å². The van der Waals surface area contributed by atoms with Gasteiger partial charge in [-0.1, -0.05) is 73.8 Å². The van der Waals surface area contributed by atoms with Crippen molar-refractivity contribution in [2.24, 2.45) is 0 Å². The van der Waals surface area contributed by atoms with Crippen LogP contribution < -0.4 is 10.6 Å². The molecule has 228 valence electrons. The van der Waals surface area contributed by atoms with Crippen molar-refractivity contribution < 1.29 is 17.9 Å². The smallest absolute Gasteiger partial charge is 0.380 e. The quantitative estimate of drug-likeness (QED) is 0.248. The monoisotopic (exact) mass is 609 g/mol. The van der Waals surface area contributed by atoms with E-state index in [-0.39, 0.29) is 10.6 Å². The van der Waals surface area contributed by atoms with Gasteiger partial charge in [-0.3, -0.25) is 14.8 Å². The molecule has 2 aliphatic heterocycles. The minimum Gasteiger partial charge on any atom is -0.380 e. The molecule has 0 spiro atoms. The first kappa shape index (κ1) is 31.1. The summed E-state index contributed by atoms with van der Waals surface area (Å²) < 4.78 is 48.3. The number of morpholine rings is 1. The average Bonchev–Trinajstić information content (AvgIpc) is 3.48. The van der Waals surface area contributed by atoms with Crippen molar-refractivity contribution in [3.05, 3.63) is 124 Å². The van der Waals surface area contributed by atoms with Gasteiger partial charge in [0.15, 0.2) is 0 Å². The third-order valence-corrected chi connectivity index (χ3v) is 8.93. The summed E-state index contributed by atoms with van der Waals surface area (Å²) in [7, 11) is 0. The number of nitrogens with one attached hydrogen (secondary N) is 2. The SMILES string of the molecule is C=C(NCc1cccc(CN2CCOCC2)c1)C1=C(C(F)(F)F)NC(c2ccccc2CN(CC)Cc2ccncc2)S1. The summed E-state index contributed by atoms with van der Waals surface area (Å²) in [5, 5.41) is 5.37. The molecule has 10 heteroatoms. The number of alkyl halides is 3. The molecule has 0 saturated carbocycles. The molecule has 0 amide bonds. The van der Waals surface area contributed by atoms with Gasteiger partial charge in [-0.25, -0.2) is 0 Å². The van der Waals surface area contributed by atoms with Crippen LogP contribution in [0.3, 0.4) is 0 Å². The molecule has 2 aliphatic rings. The molecular formula is C33H38F3N5OS. The molecule has 1 saturated heterocycles. The van der Waals surface area contributed by atoms with Crippen molar-refractivity contribution in [2.45, 2.75) is 44.7 Å². The van der Waals surface area contributed by atoms with E-state index in [2.05, 4.69) is 51.1 Å². The Labute approximate surface area is 256 Å². The molecule has 1 fully saturated rings. The number of pyridine rings is 1. The van der Waals surface area contributed by atoms with Crippen LogP contribution in [0.5, 0.6) is 0 Å². The predicted octanol–water partition coefficient (Wildman–Crippen LogP) is 6.35. The van der Waals surface area contributed by atoms with Crippen molar-refractivity contribution in [1.29, 1.82) is 0 Å². The maximum Gasteiger partial charge on any atom is 0.432 e. The molecule has 0 radical (unpaired) electrons. The maximum atomic E-state index is 14.3. The number of nitrogens with zero attached hydrogens (tertiary/aromatic N) is 3. The average molecular weight is 610 g/mol. The topological polar surface area (TPSA) is 52.7 Å². The Morgan fingerprint density at radius 1 is 1.05 bits per heavy atom. The van der Waals surface area contributed by atoms with Crippen molar-refractivity contribution in [3.63, 3.8) is 0 Å². The Kier molecular flexibility index (Phi) is 10.5. The number of hydrogen-bond donors (Lipinski definition) is 2. The highest BCUT2D eigenvalue weighted by Crippen LogP contribution is 2.48. The third kappa shape index (κ3) is 8.41. The van der Waals surface area contributed by atoms with Crippen molar-refractivity contribution in [1.82, 2.24) is 25.4 Å². The molecule has 3 heterocycles. The van der Waals surface area contributed by atoms with E-state index in [0.29, 0.717) is 13.1 Å². The Morgan fingerprint density at radius 2 is 1.79 bits per heavy atom. The number of ether oxygens (including phenoxy) is 1. The second-order valence-electron chi connectivity index (χ2n) is 10.7. The summed E-state index contributed by atoms with van der Waals surface area (Å²) in [4.78, 5) is 8.79. The van der Waals surface area contributed by atoms with Gasteiger partial charge in [0.2, 0.25) is 0 Å². The number of halogens is 3. The van der Waals surface area contributed by atoms with E-state index in [1.807, 2.05) is 48.5 Å². The molecule has 43 heavy (non-hydrogen) atoms. The van der Waals surface area contributed by atoms with Crippen LogP contribution in [-0.4, -0.2) is 53.8 Å². The Hall–Kier alpha value is -3.31. The van der Waals surface area contributed by atoms with Crippen molar-refractivity contribution >= 4 is 11.8 Å². The first-order chi connectivity index (χ1) is 20.8. The number of allylic oxidation sites excluding steroid dienone is 1. The van der Waals surface area contributed by atoms with Gasteiger partial charge in [-0.05, 0) is 46.5 Å². The van der Waals surface area contributed by atoms with E-state index in [4.69, 9.17) is 4.74 Å². The summed E-state index contributed by atoms with van der Waals surface area (Å²) in [6.45, 7) is 12.7. The summed E-state index contributed by atoms with van der Waals surface area (Å²) >= 11 is 1.16. The number of benzene rings is 2. The minimum absolute atomic E-state index is 0.0981. The lowest BCUT2D eigenvalue weighted by atomic mass is 10.1. The molecule has 3 aromatic rings. The fourth-order valence-electron chi connectivity index (χ4n) is 5.32. The van der Waals surface area contributed by atoms with Crippen LogP contribution >= 0.6 is 11.8 Å². The van der Waals surface area contributed by atoms with Gasteiger partial charge in [0.05, 0.1) is 18.1 Å².